The summed E-state index contributed by atoms with van der Waals surface area (Å²) in [7, 11) is -1.04. The fraction of sp³-hybridized carbons (Fsp3) is 0.500. The minimum Gasteiger partial charge on any atom is -0.480 e. The molecular weight excluding hydrogens is 298 g/mol. The lowest BCUT2D eigenvalue weighted by Gasteiger charge is -2.12. The molecule has 1 amide bonds. The Morgan fingerprint density at radius 1 is 1.43 bits per heavy atom. The standard InChI is InChI=1S/C12H19N3O5S/c1-4-5-9(12(17)18)14-21(19,20)8-6-10(11(16)13-2)15(3)7-8/h6-7,9,14H,4-5H2,1-3H3,(H,13,16)(H,17,18)/t9-/m1/s1. The summed E-state index contributed by atoms with van der Waals surface area (Å²) in [4.78, 5) is 22.4. The summed E-state index contributed by atoms with van der Waals surface area (Å²) < 4.78 is 27.9. The van der Waals surface area contributed by atoms with Gasteiger partial charge in [-0.25, -0.2) is 8.42 Å². The van der Waals surface area contributed by atoms with Gasteiger partial charge in [0.1, 0.15) is 16.6 Å². The van der Waals surface area contributed by atoms with Crippen molar-refractivity contribution in [3.8, 4) is 0 Å². The lowest BCUT2D eigenvalue weighted by atomic mass is 10.2. The second kappa shape index (κ2) is 6.72. The molecule has 8 nitrogen and oxygen atoms in total. The van der Waals surface area contributed by atoms with Crippen molar-refractivity contribution in [3.63, 3.8) is 0 Å². The van der Waals surface area contributed by atoms with Crippen molar-refractivity contribution >= 4 is 21.9 Å². The Balaban J connectivity index is 3.08. The molecule has 118 valence electrons. The predicted molar refractivity (Wildman–Crippen MR) is 75.5 cm³/mol. The molecule has 0 aromatic carbocycles. The maximum absolute atomic E-state index is 12.2. The number of hydrogen-bond donors (Lipinski definition) is 3. The molecule has 1 aromatic rings. The highest BCUT2D eigenvalue weighted by Crippen LogP contribution is 2.14. The van der Waals surface area contributed by atoms with Crippen molar-refractivity contribution in [2.24, 2.45) is 7.05 Å². The first kappa shape index (κ1) is 17.2. The lowest BCUT2D eigenvalue weighted by molar-refractivity contribution is -0.139. The number of amides is 1. The number of carboxylic acid groups (broad SMARTS) is 1. The SMILES string of the molecule is CCC[C@@H](NS(=O)(=O)c1cc(C(=O)NC)n(C)c1)C(=O)O. The average Bonchev–Trinajstić information content (AvgIpc) is 2.80. The van der Waals surface area contributed by atoms with E-state index in [1.54, 1.807) is 6.92 Å². The molecule has 0 saturated heterocycles. The smallest absolute Gasteiger partial charge is 0.321 e. The van der Waals surface area contributed by atoms with Gasteiger partial charge in [-0.2, -0.15) is 4.72 Å². The second-order valence-electron chi connectivity index (χ2n) is 4.55. The molecule has 1 heterocycles. The lowest BCUT2D eigenvalue weighted by Crippen LogP contribution is -2.40. The molecule has 0 spiro atoms. The normalized spacial score (nSPS) is 12.9. The van der Waals surface area contributed by atoms with Crippen molar-refractivity contribution in [3.05, 3.63) is 18.0 Å². The van der Waals surface area contributed by atoms with Crippen molar-refractivity contribution in [2.75, 3.05) is 7.05 Å². The zero-order valence-electron chi connectivity index (χ0n) is 12.1. The first-order chi connectivity index (χ1) is 9.72. The average molecular weight is 317 g/mol. The van der Waals surface area contributed by atoms with Gasteiger partial charge in [0.2, 0.25) is 10.0 Å². The number of rotatable bonds is 7. The third-order valence-corrected chi connectivity index (χ3v) is 4.36. The van der Waals surface area contributed by atoms with Crippen LogP contribution in [0.15, 0.2) is 17.2 Å². The largest absolute Gasteiger partial charge is 0.480 e. The molecule has 0 fully saturated rings. The van der Waals surface area contributed by atoms with Gasteiger partial charge in [0, 0.05) is 20.3 Å². The molecule has 0 radical (unpaired) electrons. The number of hydrogen-bond acceptors (Lipinski definition) is 4. The number of carbonyl (C=O) groups excluding carboxylic acids is 1. The first-order valence-corrected chi connectivity index (χ1v) is 7.84. The Kier molecular flexibility index (Phi) is 5.50. The molecule has 0 unspecified atom stereocenters. The molecule has 1 rings (SSSR count). The summed E-state index contributed by atoms with van der Waals surface area (Å²) in [5.74, 6) is -1.66. The second-order valence-corrected chi connectivity index (χ2v) is 6.27. The summed E-state index contributed by atoms with van der Waals surface area (Å²) in [6, 6.07) is 0.00936. The zero-order chi connectivity index (χ0) is 16.2. The van der Waals surface area contributed by atoms with Gasteiger partial charge in [0.05, 0.1) is 0 Å². The zero-order valence-corrected chi connectivity index (χ0v) is 12.9. The molecule has 0 bridgehead atoms. The fourth-order valence-electron chi connectivity index (χ4n) is 1.81. The van der Waals surface area contributed by atoms with E-state index in [2.05, 4.69) is 10.0 Å². The molecule has 0 saturated carbocycles. The van der Waals surface area contributed by atoms with Crippen LogP contribution in [0.4, 0.5) is 0 Å². The van der Waals surface area contributed by atoms with E-state index in [1.165, 1.54) is 30.9 Å². The molecular formula is C12H19N3O5S. The van der Waals surface area contributed by atoms with Crippen LogP contribution in [0, 0.1) is 0 Å². The first-order valence-electron chi connectivity index (χ1n) is 6.36. The molecule has 1 atom stereocenters. The molecule has 0 aliphatic heterocycles. The van der Waals surface area contributed by atoms with Crippen LogP contribution < -0.4 is 10.0 Å². The quantitative estimate of drug-likeness (QED) is 0.650. The van der Waals surface area contributed by atoms with Gasteiger partial charge in [0.25, 0.3) is 5.91 Å². The monoisotopic (exact) mass is 317 g/mol. The number of sulfonamides is 1. The van der Waals surface area contributed by atoms with Gasteiger partial charge >= 0.3 is 5.97 Å². The minimum absolute atomic E-state index is 0.147. The van der Waals surface area contributed by atoms with Crippen LogP contribution in [0.3, 0.4) is 0 Å². The number of aliphatic carboxylic acids is 1. The van der Waals surface area contributed by atoms with E-state index in [9.17, 15) is 18.0 Å². The summed E-state index contributed by atoms with van der Waals surface area (Å²) >= 11 is 0. The van der Waals surface area contributed by atoms with Gasteiger partial charge in [-0.3, -0.25) is 9.59 Å². The Labute approximate surface area is 123 Å². The molecule has 1 aromatic heterocycles. The maximum atomic E-state index is 12.2. The number of carbonyl (C=O) groups is 2. The number of nitrogens with one attached hydrogen (secondary N) is 2. The summed E-state index contributed by atoms with van der Waals surface area (Å²) in [6.07, 6.45) is 1.97. The van der Waals surface area contributed by atoms with E-state index in [1.807, 2.05) is 0 Å². The molecule has 0 aliphatic rings. The number of aryl methyl sites for hydroxylation is 1. The van der Waals surface area contributed by atoms with Crippen LogP contribution in [0.2, 0.25) is 0 Å². The predicted octanol–water partition coefficient (Wildman–Crippen LogP) is -0.0837. The van der Waals surface area contributed by atoms with E-state index >= 15 is 0 Å². The van der Waals surface area contributed by atoms with Crippen LogP contribution in [0.5, 0.6) is 0 Å². The Bertz CT molecular complexity index is 635. The van der Waals surface area contributed by atoms with Crippen molar-refractivity contribution in [2.45, 2.75) is 30.7 Å². The van der Waals surface area contributed by atoms with Crippen molar-refractivity contribution < 1.29 is 23.1 Å². The maximum Gasteiger partial charge on any atom is 0.321 e. The highest BCUT2D eigenvalue weighted by molar-refractivity contribution is 7.89. The van der Waals surface area contributed by atoms with Crippen LogP contribution in [0.25, 0.3) is 0 Å². The van der Waals surface area contributed by atoms with Gasteiger partial charge in [-0.1, -0.05) is 13.3 Å². The number of aromatic nitrogens is 1. The Morgan fingerprint density at radius 2 is 2.05 bits per heavy atom. The van der Waals surface area contributed by atoms with Gasteiger partial charge in [-0.05, 0) is 12.5 Å². The Morgan fingerprint density at radius 3 is 2.52 bits per heavy atom. The van der Waals surface area contributed by atoms with E-state index in [4.69, 9.17) is 5.11 Å². The van der Waals surface area contributed by atoms with Crippen LogP contribution >= 0.6 is 0 Å². The highest BCUT2D eigenvalue weighted by atomic mass is 32.2. The van der Waals surface area contributed by atoms with Crippen molar-refractivity contribution in [1.29, 1.82) is 0 Å². The number of carboxylic acids is 1. The van der Waals surface area contributed by atoms with E-state index < -0.39 is 27.9 Å². The topological polar surface area (TPSA) is 117 Å². The van der Waals surface area contributed by atoms with Gasteiger partial charge in [-0.15, -0.1) is 0 Å². The van der Waals surface area contributed by atoms with E-state index in [0.717, 1.165) is 0 Å². The van der Waals surface area contributed by atoms with Gasteiger partial charge < -0.3 is 15.0 Å². The summed E-state index contributed by atoms with van der Waals surface area (Å²) in [5.41, 5.74) is 0.167. The molecule has 21 heavy (non-hydrogen) atoms. The molecule has 9 heteroatoms. The minimum atomic E-state index is -4.00. The number of nitrogens with zero attached hydrogens (tertiary/aromatic N) is 1. The van der Waals surface area contributed by atoms with E-state index in [-0.39, 0.29) is 17.0 Å². The third-order valence-electron chi connectivity index (χ3n) is 2.92. The third kappa shape index (κ3) is 4.05. The summed E-state index contributed by atoms with van der Waals surface area (Å²) in [5, 5.41) is 11.4. The van der Waals surface area contributed by atoms with Crippen LogP contribution in [-0.4, -0.2) is 43.1 Å². The highest BCUT2D eigenvalue weighted by Gasteiger charge is 2.26. The van der Waals surface area contributed by atoms with Gasteiger partial charge in [0.15, 0.2) is 0 Å². The summed E-state index contributed by atoms with van der Waals surface area (Å²) in [6.45, 7) is 1.76. The van der Waals surface area contributed by atoms with E-state index in [0.29, 0.717) is 6.42 Å². The Hall–Kier alpha value is -1.87. The fourth-order valence-corrected chi connectivity index (χ4v) is 3.10. The van der Waals surface area contributed by atoms with Crippen LogP contribution in [0.1, 0.15) is 30.3 Å². The molecule has 0 aliphatic carbocycles. The molecule has 3 N–H and O–H groups in total. The van der Waals surface area contributed by atoms with Crippen LogP contribution in [-0.2, 0) is 21.9 Å². The van der Waals surface area contributed by atoms with Crippen molar-refractivity contribution in [1.82, 2.24) is 14.6 Å².